The van der Waals surface area contributed by atoms with Crippen LogP contribution in [0.1, 0.15) is 25.7 Å². The molecule has 94 valence electrons. The van der Waals surface area contributed by atoms with Gasteiger partial charge in [0.15, 0.2) is 0 Å². The molecule has 0 spiro atoms. The molecule has 0 atom stereocenters. The Morgan fingerprint density at radius 3 is 2.24 bits per heavy atom. The molecule has 2 saturated heterocycles. The quantitative estimate of drug-likeness (QED) is 0.564. The molecule has 0 aromatic rings. The monoisotopic (exact) mass is 267 g/mol. The lowest BCUT2D eigenvalue weighted by molar-refractivity contribution is 0.326. The molecule has 2 bridgehead atoms. The Balaban J connectivity index is 1.86. The van der Waals surface area contributed by atoms with E-state index in [1.807, 2.05) is 6.08 Å². The van der Waals surface area contributed by atoms with Crippen molar-refractivity contribution in [1.29, 1.82) is 0 Å². The number of hydrogen-bond donors (Lipinski definition) is 0. The molecule has 0 aromatic heterocycles. The summed E-state index contributed by atoms with van der Waals surface area (Å²) in [6, 6.07) is 0. The molecule has 17 heavy (non-hydrogen) atoms. The summed E-state index contributed by atoms with van der Waals surface area (Å²) >= 11 is 7.29. The maximum Gasteiger partial charge on any atom is 0.136 e. The second kappa shape index (κ2) is 6.05. The Kier molecular flexibility index (Phi) is 4.69. The van der Waals surface area contributed by atoms with Crippen LogP contribution < -0.4 is 0 Å². The summed E-state index contributed by atoms with van der Waals surface area (Å²) in [7, 11) is 0. The van der Waals surface area contributed by atoms with E-state index in [9.17, 15) is 0 Å². The van der Waals surface area contributed by atoms with E-state index in [4.69, 9.17) is 12.2 Å². The number of thiocarbonyl (C=S) groups is 1. The SMILES string of the molecule is C=CC(=C)CSC(=S)N1CC2CCC(CC2)C1. The number of hydrogen-bond acceptors (Lipinski definition) is 2. The fourth-order valence-electron chi connectivity index (χ4n) is 2.75. The van der Waals surface area contributed by atoms with Crippen LogP contribution in [-0.4, -0.2) is 28.1 Å². The van der Waals surface area contributed by atoms with Gasteiger partial charge in [0.1, 0.15) is 4.32 Å². The fourth-order valence-corrected chi connectivity index (χ4v) is 3.83. The van der Waals surface area contributed by atoms with Crippen molar-refractivity contribution in [2.45, 2.75) is 25.7 Å². The average molecular weight is 267 g/mol. The van der Waals surface area contributed by atoms with Crippen molar-refractivity contribution >= 4 is 28.3 Å². The number of fused-ring (bicyclic) bond motifs is 4. The van der Waals surface area contributed by atoms with Gasteiger partial charge >= 0.3 is 0 Å². The molecule has 0 N–H and O–H groups in total. The Hall–Kier alpha value is -0.280. The maximum atomic E-state index is 5.55. The maximum absolute atomic E-state index is 5.55. The van der Waals surface area contributed by atoms with Crippen molar-refractivity contribution in [1.82, 2.24) is 4.90 Å². The number of rotatable bonds is 3. The smallest absolute Gasteiger partial charge is 0.136 e. The zero-order valence-electron chi connectivity index (χ0n) is 10.4. The van der Waals surface area contributed by atoms with Gasteiger partial charge in [0.25, 0.3) is 0 Å². The van der Waals surface area contributed by atoms with Gasteiger partial charge < -0.3 is 4.90 Å². The fraction of sp³-hybridized carbons (Fsp3) is 0.643. The predicted octanol–water partition coefficient (Wildman–Crippen LogP) is 3.87. The summed E-state index contributed by atoms with van der Waals surface area (Å²) < 4.78 is 1.06. The van der Waals surface area contributed by atoms with Gasteiger partial charge in [0, 0.05) is 18.8 Å². The first-order valence-corrected chi connectivity index (χ1v) is 7.80. The van der Waals surface area contributed by atoms with Crippen molar-refractivity contribution < 1.29 is 0 Å². The zero-order chi connectivity index (χ0) is 12.3. The normalized spacial score (nSPS) is 27.6. The molecule has 0 aromatic carbocycles. The summed E-state index contributed by atoms with van der Waals surface area (Å²) in [6.45, 7) is 10.0. The molecule has 2 aliphatic heterocycles. The minimum absolute atomic E-state index is 0.883. The van der Waals surface area contributed by atoms with Gasteiger partial charge in [0.2, 0.25) is 0 Å². The first-order valence-electron chi connectivity index (χ1n) is 6.41. The van der Waals surface area contributed by atoms with Crippen LogP contribution in [0, 0.1) is 11.8 Å². The number of thioether (sulfide) groups is 1. The minimum Gasteiger partial charge on any atom is -0.357 e. The van der Waals surface area contributed by atoms with E-state index < -0.39 is 0 Å². The highest BCUT2D eigenvalue weighted by Gasteiger charge is 2.30. The molecular weight excluding hydrogens is 246 g/mol. The first kappa shape index (κ1) is 13.2. The van der Waals surface area contributed by atoms with Gasteiger partial charge in [-0.05, 0) is 43.1 Å². The minimum atomic E-state index is 0.883. The summed E-state index contributed by atoms with van der Waals surface area (Å²) in [5, 5.41) is 0. The molecule has 3 rings (SSSR count). The lowest BCUT2D eigenvalue weighted by Gasteiger charge is -2.24. The molecule has 0 unspecified atom stereocenters. The first-order chi connectivity index (χ1) is 8.19. The molecule has 2 heterocycles. The third-order valence-electron chi connectivity index (χ3n) is 3.85. The topological polar surface area (TPSA) is 3.24 Å². The van der Waals surface area contributed by atoms with Crippen LogP contribution in [0.2, 0.25) is 0 Å². The van der Waals surface area contributed by atoms with E-state index in [0.29, 0.717) is 0 Å². The molecule has 3 fully saturated rings. The molecule has 3 heteroatoms. The molecule has 0 amide bonds. The second-order valence-electron chi connectivity index (χ2n) is 5.21. The summed E-state index contributed by atoms with van der Waals surface area (Å²) in [6.07, 6.45) is 7.46. The van der Waals surface area contributed by atoms with Crippen molar-refractivity contribution in [3.05, 3.63) is 24.8 Å². The van der Waals surface area contributed by atoms with Crippen LogP contribution in [0.4, 0.5) is 0 Å². The van der Waals surface area contributed by atoms with E-state index in [1.54, 1.807) is 11.8 Å². The third kappa shape index (κ3) is 3.59. The van der Waals surface area contributed by atoms with Gasteiger partial charge in [-0.2, -0.15) is 0 Å². The highest BCUT2D eigenvalue weighted by atomic mass is 32.2. The Morgan fingerprint density at radius 2 is 1.76 bits per heavy atom. The summed E-state index contributed by atoms with van der Waals surface area (Å²) in [5.41, 5.74) is 1.06. The van der Waals surface area contributed by atoms with Crippen molar-refractivity contribution in [2.75, 3.05) is 18.8 Å². The van der Waals surface area contributed by atoms with Crippen molar-refractivity contribution in [3.8, 4) is 0 Å². The third-order valence-corrected chi connectivity index (χ3v) is 5.48. The van der Waals surface area contributed by atoms with Gasteiger partial charge in [-0.25, -0.2) is 0 Å². The predicted molar refractivity (Wildman–Crippen MR) is 81.4 cm³/mol. The molecule has 1 saturated carbocycles. The van der Waals surface area contributed by atoms with Crippen LogP contribution in [0.5, 0.6) is 0 Å². The summed E-state index contributed by atoms with van der Waals surface area (Å²) in [5.74, 6) is 2.65. The van der Waals surface area contributed by atoms with E-state index in [0.717, 1.165) is 27.5 Å². The molecular formula is C14H21NS2. The highest BCUT2D eigenvalue weighted by Crippen LogP contribution is 2.34. The lowest BCUT2D eigenvalue weighted by Crippen LogP contribution is -2.31. The number of allylic oxidation sites excluding steroid dienone is 1. The van der Waals surface area contributed by atoms with Gasteiger partial charge in [0.05, 0.1) is 0 Å². The van der Waals surface area contributed by atoms with Crippen LogP contribution >= 0.6 is 24.0 Å². The van der Waals surface area contributed by atoms with Crippen LogP contribution in [0.15, 0.2) is 24.8 Å². The van der Waals surface area contributed by atoms with Gasteiger partial charge in [-0.1, -0.05) is 43.2 Å². The summed E-state index contributed by atoms with van der Waals surface area (Å²) in [4.78, 5) is 2.44. The Morgan fingerprint density at radius 1 is 1.24 bits per heavy atom. The van der Waals surface area contributed by atoms with Crippen LogP contribution in [-0.2, 0) is 0 Å². The van der Waals surface area contributed by atoms with Gasteiger partial charge in [-0.15, -0.1) is 0 Å². The Labute approximate surface area is 114 Å². The second-order valence-corrected chi connectivity index (χ2v) is 6.82. The Bertz CT molecular complexity index is 302. The molecule has 0 radical (unpaired) electrons. The van der Waals surface area contributed by atoms with Crippen molar-refractivity contribution in [3.63, 3.8) is 0 Å². The molecule has 1 aliphatic carbocycles. The number of nitrogens with zero attached hydrogens (tertiary/aromatic N) is 1. The van der Waals surface area contributed by atoms with E-state index in [1.165, 1.54) is 38.8 Å². The average Bonchev–Trinajstić information content (AvgIpc) is 2.68. The van der Waals surface area contributed by atoms with E-state index in [2.05, 4.69) is 18.1 Å². The standard InChI is InChI=1S/C14H21NS2/c1-3-11(2)10-17-14(16)15-8-12-4-5-13(9-15)7-6-12/h3,12-13H,1-2,4-10H2. The molecule has 3 aliphatic rings. The highest BCUT2D eigenvalue weighted by molar-refractivity contribution is 8.23. The zero-order valence-corrected chi connectivity index (χ0v) is 12.0. The van der Waals surface area contributed by atoms with Crippen LogP contribution in [0.25, 0.3) is 0 Å². The van der Waals surface area contributed by atoms with Crippen LogP contribution in [0.3, 0.4) is 0 Å². The van der Waals surface area contributed by atoms with Crippen molar-refractivity contribution in [2.24, 2.45) is 11.8 Å². The molecule has 1 nitrogen and oxygen atoms in total. The van der Waals surface area contributed by atoms with Gasteiger partial charge in [-0.3, -0.25) is 0 Å². The largest absolute Gasteiger partial charge is 0.357 e. The van der Waals surface area contributed by atoms with E-state index in [-0.39, 0.29) is 0 Å². The van der Waals surface area contributed by atoms with E-state index >= 15 is 0 Å². The lowest BCUT2D eigenvalue weighted by atomic mass is 9.84.